The number of fused-ring (bicyclic) bond motifs is 6. The molecule has 0 unspecified atom stereocenters. The van der Waals surface area contributed by atoms with Crippen molar-refractivity contribution in [1.82, 2.24) is 35.4 Å². The monoisotopic (exact) mass is 800 g/mol. The van der Waals surface area contributed by atoms with Crippen molar-refractivity contribution in [2.75, 3.05) is 84.6 Å². The number of nitrogens with one attached hydrogen (secondary N) is 1. The van der Waals surface area contributed by atoms with E-state index in [0.29, 0.717) is 10.7 Å². The van der Waals surface area contributed by atoms with Crippen LogP contribution in [0.1, 0.15) is 12.8 Å². The summed E-state index contributed by atoms with van der Waals surface area (Å²) in [5, 5.41) is 15.6. The average Bonchev–Trinajstić information content (AvgIpc) is 3.91. The van der Waals surface area contributed by atoms with Crippen LogP contribution in [0, 0.1) is 0 Å². The largest absolute Gasteiger partial charge is 0.381 e. The molecule has 1 N–H and O–H groups in total. The number of nitrogens with zero attached hydrogens (tertiary/aromatic N) is 7. The van der Waals surface area contributed by atoms with E-state index in [-0.39, 0.29) is 0 Å². The van der Waals surface area contributed by atoms with Gasteiger partial charge >= 0.3 is 0 Å². The van der Waals surface area contributed by atoms with Gasteiger partial charge in [-0.3, -0.25) is 0 Å². The Balaban J connectivity index is 0.000000128. The normalized spacial score (nSPS) is 17.1. The van der Waals surface area contributed by atoms with Crippen molar-refractivity contribution in [2.24, 2.45) is 0 Å². The zero-order chi connectivity index (χ0) is 33.5. The van der Waals surface area contributed by atoms with E-state index in [1.165, 1.54) is 25.9 Å². The quantitative estimate of drug-likeness (QED) is 0.174. The molecule has 3 aliphatic heterocycles. The summed E-state index contributed by atoms with van der Waals surface area (Å²) in [6.45, 7) is 10.8. The van der Waals surface area contributed by atoms with Crippen LogP contribution in [0.3, 0.4) is 0 Å². The summed E-state index contributed by atoms with van der Waals surface area (Å²) in [6.07, 6.45) is 5.85. The number of pyridine rings is 2. The van der Waals surface area contributed by atoms with Gasteiger partial charge in [0, 0.05) is 85.3 Å². The molecule has 0 spiro atoms. The minimum atomic E-state index is 0.369. The van der Waals surface area contributed by atoms with E-state index < -0.39 is 0 Å². The lowest BCUT2D eigenvalue weighted by Gasteiger charge is -2.33. The Morgan fingerprint density at radius 1 is 0.688 bits per heavy atom. The first kappa shape index (κ1) is 34.9. The van der Waals surface area contributed by atoms with Crippen molar-refractivity contribution >= 4 is 92.9 Å². The molecule has 0 amide bonds. The van der Waals surface area contributed by atoms with E-state index in [1.807, 2.05) is 30.3 Å². The Labute approximate surface area is 301 Å². The summed E-state index contributed by atoms with van der Waals surface area (Å²) >= 11 is 12.9. The summed E-state index contributed by atoms with van der Waals surface area (Å²) in [5.74, 6) is 0.932. The molecule has 3 fully saturated rings. The van der Waals surface area contributed by atoms with Gasteiger partial charge in [0.25, 0.3) is 0 Å². The molecule has 0 bridgehead atoms. The third-order valence-electron chi connectivity index (χ3n) is 8.46. The molecule has 0 aliphatic carbocycles. The van der Waals surface area contributed by atoms with Gasteiger partial charge in [0.05, 0.1) is 21.8 Å². The number of anilines is 1. The van der Waals surface area contributed by atoms with Crippen LogP contribution in [-0.2, 0) is 4.74 Å². The predicted molar refractivity (Wildman–Crippen MR) is 199 cm³/mol. The number of ether oxygens (including phenoxy) is 1. The van der Waals surface area contributed by atoms with Gasteiger partial charge in [-0.2, -0.15) is 0 Å². The summed E-state index contributed by atoms with van der Waals surface area (Å²) in [6, 6.07) is 11.9. The second-order valence-electron chi connectivity index (χ2n) is 12.0. The van der Waals surface area contributed by atoms with Crippen molar-refractivity contribution in [3.8, 4) is 0 Å². The highest BCUT2D eigenvalue weighted by atomic mass is 79.9. The fraction of sp³-hybridized carbons (Fsp3) is 0.412. The molecule has 3 aliphatic rings. The van der Waals surface area contributed by atoms with Gasteiger partial charge < -0.3 is 33.8 Å². The van der Waals surface area contributed by atoms with Crippen molar-refractivity contribution in [3.63, 3.8) is 0 Å². The molecule has 0 atom stereocenters. The van der Waals surface area contributed by atoms with Gasteiger partial charge in [-0.1, -0.05) is 53.8 Å². The maximum atomic E-state index is 5.97. The van der Waals surface area contributed by atoms with Crippen molar-refractivity contribution in [1.29, 1.82) is 0 Å². The van der Waals surface area contributed by atoms with Crippen LogP contribution in [-0.4, -0.2) is 110 Å². The number of benzene rings is 2. The Kier molecular flexibility index (Phi) is 12.1. The molecule has 9 rings (SSSR count). The average molecular weight is 803 g/mol. The predicted octanol–water partition coefficient (Wildman–Crippen LogP) is 7.00. The van der Waals surface area contributed by atoms with Crippen LogP contribution < -0.4 is 10.2 Å². The van der Waals surface area contributed by atoms with E-state index in [4.69, 9.17) is 30.4 Å². The maximum absolute atomic E-state index is 5.97. The zero-order valence-corrected chi connectivity index (χ0v) is 31.0. The molecular formula is C34H39Br2ClN8O3. The van der Waals surface area contributed by atoms with Crippen LogP contribution in [0.15, 0.2) is 66.9 Å². The van der Waals surface area contributed by atoms with Crippen molar-refractivity contribution < 1.29 is 13.8 Å². The van der Waals surface area contributed by atoms with Gasteiger partial charge in [-0.05, 0) is 63.3 Å². The number of piperazine rings is 2. The summed E-state index contributed by atoms with van der Waals surface area (Å²) < 4.78 is 17.1. The molecule has 3 saturated heterocycles. The van der Waals surface area contributed by atoms with E-state index >= 15 is 0 Å². The minimum absolute atomic E-state index is 0.369. The van der Waals surface area contributed by atoms with Gasteiger partial charge in [-0.25, -0.2) is 9.97 Å². The molecule has 11 nitrogen and oxygen atoms in total. The third-order valence-corrected chi connectivity index (χ3v) is 9.71. The highest BCUT2D eigenvalue weighted by Crippen LogP contribution is 2.33. The topological polar surface area (TPSA) is 109 Å². The lowest BCUT2D eigenvalue weighted by Crippen LogP contribution is -2.44. The minimum Gasteiger partial charge on any atom is -0.381 e. The highest BCUT2D eigenvalue weighted by molar-refractivity contribution is 9.10. The molecule has 6 aromatic rings. The fourth-order valence-corrected chi connectivity index (χ4v) is 6.61. The third kappa shape index (κ3) is 8.62. The molecule has 7 heterocycles. The zero-order valence-electron chi connectivity index (χ0n) is 27.1. The van der Waals surface area contributed by atoms with Gasteiger partial charge in [0.2, 0.25) is 0 Å². The second-order valence-corrected chi connectivity index (χ2v) is 14.2. The SMILES string of the molecule is C1CCOC1.CN1CCN(c2nc3ccc(Br)cc3c3conc23)CC1.CN1CCNCC1.Clc1nc2ccc(Br)cc2c2conc12. The van der Waals surface area contributed by atoms with Gasteiger partial charge in [0.15, 0.2) is 22.0 Å². The highest BCUT2D eigenvalue weighted by Gasteiger charge is 2.21. The van der Waals surface area contributed by atoms with E-state index in [2.05, 4.69) is 87.3 Å². The van der Waals surface area contributed by atoms with Gasteiger partial charge in [-0.15, -0.1) is 0 Å². The number of likely N-dealkylation sites (N-methyl/N-ethyl adjacent to an activating group) is 2. The van der Waals surface area contributed by atoms with Crippen LogP contribution in [0.5, 0.6) is 0 Å². The molecule has 4 aromatic heterocycles. The summed E-state index contributed by atoms with van der Waals surface area (Å²) in [5.41, 5.74) is 3.26. The first-order valence-corrected chi connectivity index (χ1v) is 18.1. The molecule has 48 heavy (non-hydrogen) atoms. The maximum Gasteiger partial charge on any atom is 0.159 e. The standard InChI is InChI=1S/C15H15BrN4O.C10H4BrClN2O.C5H12N2.C4H8O/c1-19-4-6-20(7-5-19)15-14-12(9-21-18-14)11-8-10(16)2-3-13(11)17-15;11-5-1-2-8-6(3-5)7-4-15-14-9(7)10(12)13-8;1-7-4-2-6-3-5-7;1-2-4-5-3-1/h2-3,8-9H,4-7H2,1H3;1-4H;6H,2-5H2,1H3;1-4H2. The second kappa shape index (κ2) is 16.7. The number of hydrogen-bond donors (Lipinski definition) is 1. The smallest absolute Gasteiger partial charge is 0.159 e. The van der Waals surface area contributed by atoms with Crippen LogP contribution >= 0.6 is 43.5 Å². The number of rotatable bonds is 1. The van der Waals surface area contributed by atoms with E-state index in [9.17, 15) is 0 Å². The van der Waals surface area contributed by atoms with Crippen molar-refractivity contribution in [2.45, 2.75) is 12.8 Å². The molecule has 254 valence electrons. The first-order chi connectivity index (χ1) is 23.4. The first-order valence-electron chi connectivity index (χ1n) is 16.1. The Morgan fingerprint density at radius 3 is 1.77 bits per heavy atom. The van der Waals surface area contributed by atoms with Crippen molar-refractivity contribution in [3.05, 3.63) is 63.0 Å². The molecule has 14 heteroatoms. The lowest BCUT2D eigenvalue weighted by molar-refractivity contribution is 0.198. The Hall–Kier alpha value is -2.91. The van der Waals surface area contributed by atoms with Gasteiger partial charge in [0.1, 0.15) is 12.5 Å². The van der Waals surface area contributed by atoms with Crippen LogP contribution in [0.2, 0.25) is 5.15 Å². The molecule has 0 saturated carbocycles. The Bertz CT molecular complexity index is 1950. The van der Waals surface area contributed by atoms with Crippen LogP contribution in [0.4, 0.5) is 5.82 Å². The van der Waals surface area contributed by atoms with Crippen LogP contribution in [0.25, 0.3) is 43.6 Å². The molecular weight excluding hydrogens is 764 g/mol. The molecule has 2 aromatic carbocycles. The van der Waals surface area contributed by atoms with E-state index in [1.54, 1.807) is 12.5 Å². The molecule has 0 radical (unpaired) electrons. The summed E-state index contributed by atoms with van der Waals surface area (Å²) in [4.78, 5) is 16.0. The number of hydrogen-bond acceptors (Lipinski definition) is 11. The Morgan fingerprint density at radius 2 is 1.23 bits per heavy atom. The fourth-order valence-electron chi connectivity index (χ4n) is 5.66. The van der Waals surface area contributed by atoms with E-state index in [0.717, 1.165) is 105 Å². The number of aromatic nitrogens is 4. The lowest BCUT2D eigenvalue weighted by atomic mass is 10.1. The summed E-state index contributed by atoms with van der Waals surface area (Å²) in [7, 11) is 4.30. The number of halogens is 3.